The van der Waals surface area contributed by atoms with Gasteiger partial charge in [-0.15, -0.1) is 0 Å². The topological polar surface area (TPSA) is 0 Å². The Labute approximate surface area is 174 Å². The predicted octanol–water partition coefficient (Wildman–Crippen LogP) is 8.61. The van der Waals surface area contributed by atoms with E-state index in [0.29, 0.717) is 0 Å². The number of rotatable bonds is 0. The lowest BCUT2D eigenvalue weighted by molar-refractivity contribution is 1.78. The van der Waals surface area contributed by atoms with Gasteiger partial charge in [0.25, 0.3) is 0 Å². The van der Waals surface area contributed by atoms with Crippen molar-refractivity contribution in [3.05, 3.63) is 109 Å². The first kappa shape index (κ1) is 16.0. The van der Waals surface area contributed by atoms with Crippen LogP contribution in [-0.2, 0) is 0 Å². The van der Waals surface area contributed by atoms with Crippen LogP contribution in [-0.4, -0.2) is 0 Å². The molecule has 0 aliphatic carbocycles. The first-order valence-electron chi connectivity index (χ1n) is 10.5. The van der Waals surface area contributed by atoms with Crippen LogP contribution in [0.4, 0.5) is 0 Å². The zero-order chi connectivity index (χ0) is 19.7. The van der Waals surface area contributed by atoms with Crippen molar-refractivity contribution in [2.24, 2.45) is 0 Å². The van der Waals surface area contributed by atoms with E-state index in [1.165, 1.54) is 64.6 Å². The largest absolute Gasteiger partial charge is 0.0616 e. The molecule has 30 heavy (non-hydrogen) atoms. The third-order valence-corrected chi connectivity index (χ3v) is 6.56. The molecule has 0 aromatic heterocycles. The second kappa shape index (κ2) is 5.81. The van der Waals surface area contributed by atoms with Gasteiger partial charge in [0.2, 0.25) is 0 Å². The molecule has 7 rings (SSSR count). The summed E-state index contributed by atoms with van der Waals surface area (Å²) in [4.78, 5) is 0. The first-order valence-corrected chi connectivity index (χ1v) is 10.5. The van der Waals surface area contributed by atoms with Crippen molar-refractivity contribution >= 4 is 64.6 Å². The average molecular weight is 378 g/mol. The quantitative estimate of drug-likeness (QED) is 0.183. The van der Waals surface area contributed by atoms with Crippen molar-refractivity contribution < 1.29 is 0 Å². The van der Waals surface area contributed by atoms with Crippen LogP contribution in [0.25, 0.3) is 64.6 Å². The van der Waals surface area contributed by atoms with Crippen LogP contribution in [0.1, 0.15) is 0 Å². The Morgan fingerprint density at radius 2 is 0.633 bits per heavy atom. The minimum absolute atomic E-state index is 1.29. The maximum Gasteiger partial charge on any atom is -0.00923 e. The van der Waals surface area contributed by atoms with Gasteiger partial charge < -0.3 is 0 Å². The van der Waals surface area contributed by atoms with E-state index in [1.807, 2.05) is 0 Å². The minimum atomic E-state index is 1.29. The molecule has 7 aromatic rings. The lowest BCUT2D eigenvalue weighted by Gasteiger charge is -2.13. The highest BCUT2D eigenvalue weighted by molar-refractivity contribution is 6.28. The van der Waals surface area contributed by atoms with Gasteiger partial charge in [-0.2, -0.15) is 0 Å². The van der Waals surface area contributed by atoms with Crippen molar-refractivity contribution in [2.45, 2.75) is 0 Å². The van der Waals surface area contributed by atoms with Crippen molar-refractivity contribution in [3.8, 4) is 0 Å². The van der Waals surface area contributed by atoms with E-state index in [4.69, 9.17) is 0 Å². The summed E-state index contributed by atoms with van der Waals surface area (Å²) in [7, 11) is 0. The summed E-state index contributed by atoms with van der Waals surface area (Å²) in [6.07, 6.45) is 0. The van der Waals surface area contributed by atoms with Crippen LogP contribution in [0.2, 0.25) is 0 Å². The van der Waals surface area contributed by atoms with Crippen LogP contribution in [0.15, 0.2) is 109 Å². The number of hydrogen-bond donors (Lipinski definition) is 0. The van der Waals surface area contributed by atoms with E-state index in [1.54, 1.807) is 0 Å². The molecule has 0 aliphatic rings. The highest BCUT2D eigenvalue weighted by atomic mass is 14.1. The van der Waals surface area contributed by atoms with E-state index < -0.39 is 0 Å². The van der Waals surface area contributed by atoms with E-state index >= 15 is 0 Å². The fraction of sp³-hybridized carbons (Fsp3) is 0. The van der Waals surface area contributed by atoms with Crippen molar-refractivity contribution in [1.29, 1.82) is 0 Å². The third-order valence-electron chi connectivity index (χ3n) is 6.56. The molecule has 0 bridgehead atoms. The molecule has 0 amide bonds. The minimum Gasteiger partial charge on any atom is -0.0616 e. The molecule has 0 N–H and O–H groups in total. The summed E-state index contributed by atoms with van der Waals surface area (Å²) in [5.74, 6) is 0. The Bertz CT molecular complexity index is 1790. The van der Waals surface area contributed by atoms with Gasteiger partial charge in [0.1, 0.15) is 0 Å². The SMILES string of the molecule is c1ccc2cc3c(ccc4cc5c6ccccc6c6ccccc6c5cc43)cc2c1. The molecule has 0 fully saturated rings. The molecule has 0 heteroatoms. The fourth-order valence-electron chi connectivity index (χ4n) is 5.15. The third kappa shape index (κ3) is 2.11. The highest BCUT2D eigenvalue weighted by Gasteiger charge is 2.11. The lowest BCUT2D eigenvalue weighted by atomic mass is 9.90. The number of hydrogen-bond acceptors (Lipinski definition) is 0. The fourth-order valence-corrected chi connectivity index (χ4v) is 5.15. The first-order chi connectivity index (χ1) is 14.9. The molecule has 0 heterocycles. The normalized spacial score (nSPS) is 12.0. The molecule has 0 aliphatic heterocycles. The Kier molecular flexibility index (Phi) is 3.09. The van der Waals surface area contributed by atoms with Crippen LogP contribution in [0, 0.1) is 0 Å². The molecule has 0 radical (unpaired) electrons. The monoisotopic (exact) mass is 378 g/mol. The Morgan fingerprint density at radius 3 is 1.27 bits per heavy atom. The molecule has 0 saturated heterocycles. The van der Waals surface area contributed by atoms with E-state index in [0.717, 1.165) is 0 Å². The molecular formula is C30H18. The maximum absolute atomic E-state index is 2.41. The molecule has 7 aromatic carbocycles. The zero-order valence-corrected chi connectivity index (χ0v) is 16.4. The Hall–Kier alpha value is -3.90. The van der Waals surface area contributed by atoms with Gasteiger partial charge >= 0.3 is 0 Å². The summed E-state index contributed by atoms with van der Waals surface area (Å²) in [6, 6.07) is 40.2. The van der Waals surface area contributed by atoms with Crippen LogP contribution in [0.5, 0.6) is 0 Å². The summed E-state index contributed by atoms with van der Waals surface area (Å²) < 4.78 is 0. The predicted molar refractivity (Wildman–Crippen MR) is 131 cm³/mol. The van der Waals surface area contributed by atoms with Crippen molar-refractivity contribution in [3.63, 3.8) is 0 Å². The molecule has 138 valence electrons. The standard InChI is InChI=1S/C30H18/c1-2-8-20-16-27-21(15-19(20)7-1)13-14-22-17-29-25-11-5-3-9-23(25)24-10-4-6-12-26(24)30(29)18-28(22)27/h1-18H. The Morgan fingerprint density at radius 1 is 0.233 bits per heavy atom. The molecule has 0 spiro atoms. The van der Waals surface area contributed by atoms with E-state index in [2.05, 4.69) is 109 Å². The highest BCUT2D eigenvalue weighted by Crippen LogP contribution is 2.39. The van der Waals surface area contributed by atoms with Gasteiger partial charge in [0.05, 0.1) is 0 Å². The Balaban J connectivity index is 1.74. The number of fused-ring (bicyclic) bond motifs is 10. The van der Waals surface area contributed by atoms with Crippen LogP contribution in [0.3, 0.4) is 0 Å². The maximum atomic E-state index is 2.41. The van der Waals surface area contributed by atoms with E-state index in [9.17, 15) is 0 Å². The van der Waals surface area contributed by atoms with Crippen molar-refractivity contribution in [1.82, 2.24) is 0 Å². The van der Waals surface area contributed by atoms with Gasteiger partial charge in [-0.25, -0.2) is 0 Å². The summed E-state index contributed by atoms with van der Waals surface area (Å²) in [5, 5.41) is 15.8. The van der Waals surface area contributed by atoms with Crippen molar-refractivity contribution in [2.75, 3.05) is 0 Å². The molecule has 0 saturated carbocycles. The zero-order valence-electron chi connectivity index (χ0n) is 16.4. The lowest BCUT2D eigenvalue weighted by Crippen LogP contribution is -1.85. The summed E-state index contributed by atoms with van der Waals surface area (Å²) >= 11 is 0. The number of benzene rings is 7. The van der Waals surface area contributed by atoms with Gasteiger partial charge in [0.15, 0.2) is 0 Å². The average Bonchev–Trinajstić information content (AvgIpc) is 2.82. The van der Waals surface area contributed by atoms with Crippen LogP contribution < -0.4 is 0 Å². The molecule has 0 atom stereocenters. The summed E-state index contributed by atoms with van der Waals surface area (Å²) in [5.41, 5.74) is 0. The molecular weight excluding hydrogens is 360 g/mol. The molecule has 0 unspecified atom stereocenters. The van der Waals surface area contributed by atoms with Gasteiger partial charge in [-0.3, -0.25) is 0 Å². The van der Waals surface area contributed by atoms with Gasteiger partial charge in [-0.1, -0.05) is 84.9 Å². The van der Waals surface area contributed by atoms with Gasteiger partial charge in [-0.05, 0) is 88.9 Å². The van der Waals surface area contributed by atoms with Crippen LogP contribution >= 0.6 is 0 Å². The second-order valence-electron chi connectivity index (χ2n) is 8.20. The summed E-state index contributed by atoms with van der Waals surface area (Å²) in [6.45, 7) is 0. The van der Waals surface area contributed by atoms with E-state index in [-0.39, 0.29) is 0 Å². The molecule has 0 nitrogen and oxygen atoms in total. The second-order valence-corrected chi connectivity index (χ2v) is 8.20. The van der Waals surface area contributed by atoms with Gasteiger partial charge in [0, 0.05) is 0 Å². The smallest absolute Gasteiger partial charge is 0.00923 e.